The lowest BCUT2D eigenvalue weighted by Gasteiger charge is -2.18. The average molecular weight is 240 g/mol. The van der Waals surface area contributed by atoms with Crippen molar-refractivity contribution in [1.82, 2.24) is 0 Å². The Kier molecular flexibility index (Phi) is 4.49. The van der Waals surface area contributed by atoms with E-state index < -0.39 is 12.9 Å². The van der Waals surface area contributed by atoms with Crippen molar-refractivity contribution in [3.05, 3.63) is 0 Å². The van der Waals surface area contributed by atoms with E-state index in [-0.39, 0.29) is 12.1 Å². The van der Waals surface area contributed by atoms with Gasteiger partial charge in [-0.3, -0.25) is 4.52 Å². The van der Waals surface area contributed by atoms with Gasteiger partial charge in [-0.1, -0.05) is 12.2 Å². The van der Waals surface area contributed by atoms with Crippen LogP contribution < -0.4 is 0 Å². The molecule has 1 aliphatic heterocycles. The summed E-state index contributed by atoms with van der Waals surface area (Å²) in [6, 6.07) is 0.0139. The van der Waals surface area contributed by atoms with Crippen LogP contribution in [-0.4, -0.2) is 44.7 Å². The van der Waals surface area contributed by atoms with Gasteiger partial charge in [-0.25, -0.2) is 4.57 Å². The van der Waals surface area contributed by atoms with Gasteiger partial charge in [0.15, 0.2) is 0 Å². The summed E-state index contributed by atoms with van der Waals surface area (Å²) < 4.78 is 26.2. The molecule has 0 aromatic rings. The van der Waals surface area contributed by atoms with E-state index in [1.54, 1.807) is 7.11 Å². The van der Waals surface area contributed by atoms with Gasteiger partial charge in [-0.05, 0) is 6.42 Å². The highest BCUT2D eigenvalue weighted by Gasteiger charge is 2.37. The van der Waals surface area contributed by atoms with Crippen LogP contribution in [0.3, 0.4) is 0 Å². The van der Waals surface area contributed by atoms with Crippen molar-refractivity contribution in [1.29, 1.82) is 0 Å². The fourth-order valence-electron chi connectivity index (χ4n) is 1.52. The SMILES string of the molecule is BC1CC(OP(=O)(O)S)C(COC)O1. The molecule has 0 amide bonds. The third kappa shape index (κ3) is 3.92. The molecule has 0 saturated carbocycles. The van der Waals surface area contributed by atoms with Crippen molar-refractivity contribution in [2.24, 2.45) is 0 Å². The van der Waals surface area contributed by atoms with Crippen molar-refractivity contribution in [3.8, 4) is 0 Å². The van der Waals surface area contributed by atoms with E-state index in [9.17, 15) is 4.57 Å². The third-order valence-corrected chi connectivity index (χ3v) is 2.82. The van der Waals surface area contributed by atoms with Crippen molar-refractivity contribution in [3.63, 3.8) is 0 Å². The molecule has 14 heavy (non-hydrogen) atoms. The number of ether oxygens (including phenoxy) is 2. The third-order valence-electron chi connectivity index (χ3n) is 1.99. The molecule has 0 bridgehead atoms. The summed E-state index contributed by atoms with van der Waals surface area (Å²) in [5.74, 6) is 0. The molecular formula is C6H14BO5PS. The minimum absolute atomic E-state index is 0.0139. The first kappa shape index (κ1) is 12.6. The maximum absolute atomic E-state index is 10.9. The Morgan fingerprint density at radius 1 is 1.79 bits per heavy atom. The fraction of sp³-hybridized carbons (Fsp3) is 1.00. The van der Waals surface area contributed by atoms with Gasteiger partial charge in [-0.2, -0.15) is 0 Å². The van der Waals surface area contributed by atoms with Crippen LogP contribution in [0.4, 0.5) is 0 Å². The van der Waals surface area contributed by atoms with Gasteiger partial charge in [0.1, 0.15) is 14.0 Å². The summed E-state index contributed by atoms with van der Waals surface area (Å²) in [6.07, 6.45) is -0.125. The largest absolute Gasteiger partial charge is 0.383 e. The zero-order valence-corrected chi connectivity index (χ0v) is 9.91. The van der Waals surface area contributed by atoms with Crippen LogP contribution in [0.15, 0.2) is 0 Å². The summed E-state index contributed by atoms with van der Waals surface area (Å²) in [7, 11) is 3.43. The van der Waals surface area contributed by atoms with E-state index in [1.165, 1.54) is 0 Å². The van der Waals surface area contributed by atoms with E-state index in [0.29, 0.717) is 13.0 Å². The maximum atomic E-state index is 10.9. The molecule has 5 nitrogen and oxygen atoms in total. The second-order valence-electron chi connectivity index (χ2n) is 3.31. The molecule has 82 valence electrons. The van der Waals surface area contributed by atoms with Crippen LogP contribution in [0.25, 0.3) is 0 Å². The highest BCUT2D eigenvalue weighted by molar-refractivity contribution is 8.44. The predicted molar refractivity (Wildman–Crippen MR) is 57.4 cm³/mol. The summed E-state index contributed by atoms with van der Waals surface area (Å²) in [5.41, 5.74) is 0. The lowest BCUT2D eigenvalue weighted by molar-refractivity contribution is -0.0114. The molecule has 4 atom stereocenters. The van der Waals surface area contributed by atoms with E-state index in [4.69, 9.17) is 18.9 Å². The van der Waals surface area contributed by atoms with E-state index in [0.717, 1.165) is 0 Å². The number of thiol groups is 1. The smallest absolute Gasteiger partial charge is 0.382 e. The number of methoxy groups -OCH3 is 1. The van der Waals surface area contributed by atoms with Gasteiger partial charge in [0, 0.05) is 13.1 Å². The minimum atomic E-state index is -3.74. The molecule has 0 aliphatic carbocycles. The lowest BCUT2D eigenvalue weighted by atomic mass is 9.96. The Hall–Kier alpha value is 0.485. The van der Waals surface area contributed by atoms with E-state index in [2.05, 4.69) is 12.2 Å². The van der Waals surface area contributed by atoms with Crippen molar-refractivity contribution in [2.75, 3.05) is 13.7 Å². The maximum Gasteiger partial charge on any atom is 0.383 e. The van der Waals surface area contributed by atoms with Crippen LogP contribution in [0, 0.1) is 0 Å². The van der Waals surface area contributed by atoms with Crippen LogP contribution >= 0.6 is 19.0 Å². The van der Waals surface area contributed by atoms with Crippen LogP contribution in [-0.2, 0) is 18.6 Å². The second kappa shape index (κ2) is 5.01. The average Bonchev–Trinajstić information content (AvgIpc) is 2.28. The van der Waals surface area contributed by atoms with Crippen LogP contribution in [0.5, 0.6) is 0 Å². The number of rotatable bonds is 4. The Labute approximate surface area is 89.2 Å². The second-order valence-corrected chi connectivity index (χ2v) is 6.02. The van der Waals surface area contributed by atoms with E-state index >= 15 is 0 Å². The highest BCUT2D eigenvalue weighted by Crippen LogP contribution is 2.50. The number of hydrogen-bond donors (Lipinski definition) is 2. The summed E-state index contributed by atoms with van der Waals surface area (Å²) in [6.45, 7) is -3.39. The molecule has 1 fully saturated rings. The summed E-state index contributed by atoms with van der Waals surface area (Å²) in [5, 5.41) is 0. The molecule has 0 radical (unpaired) electrons. The Morgan fingerprint density at radius 3 is 2.93 bits per heavy atom. The minimum Gasteiger partial charge on any atom is -0.382 e. The highest BCUT2D eigenvalue weighted by atomic mass is 32.7. The molecule has 8 heteroatoms. The lowest BCUT2D eigenvalue weighted by Crippen LogP contribution is -2.27. The topological polar surface area (TPSA) is 65.0 Å². The molecule has 0 aromatic carbocycles. The molecule has 1 rings (SSSR count). The summed E-state index contributed by atoms with van der Waals surface area (Å²) in [4.78, 5) is 8.95. The van der Waals surface area contributed by atoms with Gasteiger partial charge in [0.25, 0.3) is 0 Å². The van der Waals surface area contributed by atoms with Gasteiger partial charge >= 0.3 is 6.80 Å². The van der Waals surface area contributed by atoms with E-state index in [1.807, 2.05) is 7.85 Å². The molecule has 0 aromatic heterocycles. The van der Waals surface area contributed by atoms with Gasteiger partial charge in [0.2, 0.25) is 0 Å². The zero-order valence-electron chi connectivity index (χ0n) is 8.12. The Balaban J connectivity index is 2.53. The first-order valence-corrected chi connectivity index (χ1v) is 7.03. The molecule has 1 aliphatic rings. The normalized spacial score (nSPS) is 36.9. The molecule has 1 heterocycles. The Bertz CT molecular complexity index is 234. The molecule has 4 unspecified atom stereocenters. The first-order valence-electron chi connectivity index (χ1n) is 4.30. The summed E-state index contributed by atoms with van der Waals surface area (Å²) >= 11 is 3.46. The molecular weight excluding hydrogens is 226 g/mol. The van der Waals surface area contributed by atoms with Crippen molar-refractivity contribution >= 4 is 26.9 Å². The van der Waals surface area contributed by atoms with Crippen molar-refractivity contribution in [2.45, 2.75) is 24.6 Å². The molecule has 0 spiro atoms. The first-order chi connectivity index (χ1) is 6.42. The monoisotopic (exact) mass is 240 g/mol. The predicted octanol–water partition coefficient (Wildman–Crippen LogP) is -0.204. The number of hydrogen-bond acceptors (Lipinski definition) is 4. The van der Waals surface area contributed by atoms with Gasteiger partial charge in [0.05, 0.1) is 12.7 Å². The fourth-order valence-corrected chi connectivity index (χ4v) is 2.46. The van der Waals surface area contributed by atoms with Crippen molar-refractivity contribution < 1.29 is 23.5 Å². The molecule has 1 N–H and O–H groups in total. The Morgan fingerprint density at radius 2 is 2.43 bits per heavy atom. The standard InChI is InChI=1S/C6H14BO5PS/c1-10-3-5-4(2-6(7)11-5)12-13(8,9)14/h4-6H,2-3,7H2,1H3,(H2,8,9,14). The van der Waals surface area contributed by atoms with Crippen LogP contribution in [0.2, 0.25) is 0 Å². The van der Waals surface area contributed by atoms with Gasteiger partial charge < -0.3 is 14.4 Å². The molecule has 1 saturated heterocycles. The van der Waals surface area contributed by atoms with Crippen LogP contribution in [0.1, 0.15) is 6.42 Å². The quantitative estimate of drug-likeness (QED) is 0.404. The van der Waals surface area contributed by atoms with Gasteiger partial charge in [-0.15, -0.1) is 0 Å². The zero-order chi connectivity index (χ0) is 10.8.